The van der Waals surface area contributed by atoms with E-state index in [-0.39, 0.29) is 12.6 Å². The average molecular weight is 329 g/mol. The van der Waals surface area contributed by atoms with Crippen molar-refractivity contribution in [1.82, 2.24) is 10.2 Å². The van der Waals surface area contributed by atoms with E-state index in [1.807, 2.05) is 19.1 Å². The lowest BCUT2D eigenvalue weighted by Crippen LogP contribution is -2.32. The summed E-state index contributed by atoms with van der Waals surface area (Å²) in [6.45, 7) is 4.24. The molecule has 2 rings (SSSR count). The molecule has 1 aliphatic rings. The largest absolute Gasteiger partial charge is 0.491 e. The van der Waals surface area contributed by atoms with Crippen LogP contribution in [0.4, 0.5) is 4.79 Å². The summed E-state index contributed by atoms with van der Waals surface area (Å²) in [5.74, 6) is 0.699. The number of nitrogens with zero attached hydrogens (tertiary/aromatic N) is 1. The topological polar surface area (TPSA) is 61.8 Å². The van der Waals surface area contributed by atoms with Crippen molar-refractivity contribution >= 4 is 22.0 Å². The van der Waals surface area contributed by atoms with Crippen LogP contribution < -0.4 is 10.1 Å². The van der Waals surface area contributed by atoms with Gasteiger partial charge in [0, 0.05) is 23.1 Å². The summed E-state index contributed by atoms with van der Waals surface area (Å²) in [4.78, 5) is 13.1. The Bertz CT molecular complexity index is 479. The van der Waals surface area contributed by atoms with E-state index in [0.717, 1.165) is 15.6 Å². The van der Waals surface area contributed by atoms with Crippen LogP contribution in [0.5, 0.6) is 5.75 Å². The molecule has 1 aliphatic heterocycles. The molecule has 0 aromatic heterocycles. The third kappa shape index (κ3) is 3.39. The number of urea groups is 1. The summed E-state index contributed by atoms with van der Waals surface area (Å²) in [7, 11) is 0. The average Bonchev–Trinajstić information content (AvgIpc) is 2.77. The maximum absolute atomic E-state index is 11.4. The number of hydrogen-bond acceptors (Lipinski definition) is 3. The lowest BCUT2D eigenvalue weighted by molar-refractivity contribution is 0.200. The van der Waals surface area contributed by atoms with Gasteiger partial charge in [-0.1, -0.05) is 15.9 Å². The third-order valence-corrected chi connectivity index (χ3v) is 3.50. The zero-order valence-electron chi connectivity index (χ0n) is 10.8. The van der Waals surface area contributed by atoms with Gasteiger partial charge in [-0.15, -0.1) is 0 Å². The molecule has 1 heterocycles. The van der Waals surface area contributed by atoms with Gasteiger partial charge in [-0.2, -0.15) is 0 Å². The normalized spacial score (nSPS) is 14.7. The molecular weight excluding hydrogens is 312 g/mol. The van der Waals surface area contributed by atoms with Gasteiger partial charge in [-0.05, 0) is 24.6 Å². The molecule has 1 aromatic rings. The van der Waals surface area contributed by atoms with Crippen LogP contribution >= 0.6 is 15.9 Å². The number of benzene rings is 1. The Morgan fingerprint density at radius 1 is 1.53 bits per heavy atom. The SMILES string of the molecule is Cc1cc(Br)cc(CO)c1OCCN1CCNC1=O. The molecule has 6 heteroatoms. The van der Waals surface area contributed by atoms with E-state index < -0.39 is 0 Å². The fraction of sp³-hybridized carbons (Fsp3) is 0.462. The molecule has 0 radical (unpaired) electrons. The molecule has 0 saturated carbocycles. The fourth-order valence-electron chi connectivity index (χ4n) is 2.11. The molecule has 2 amide bonds. The highest BCUT2D eigenvalue weighted by atomic mass is 79.9. The van der Waals surface area contributed by atoms with Crippen molar-refractivity contribution in [1.29, 1.82) is 0 Å². The lowest BCUT2D eigenvalue weighted by Gasteiger charge is -2.17. The Hall–Kier alpha value is -1.27. The maximum Gasteiger partial charge on any atom is 0.317 e. The first kappa shape index (κ1) is 14.1. The van der Waals surface area contributed by atoms with E-state index in [0.29, 0.717) is 32.0 Å². The van der Waals surface area contributed by atoms with Gasteiger partial charge in [0.05, 0.1) is 13.2 Å². The van der Waals surface area contributed by atoms with E-state index in [4.69, 9.17) is 4.74 Å². The van der Waals surface area contributed by atoms with Gasteiger partial charge < -0.3 is 20.1 Å². The van der Waals surface area contributed by atoms with Crippen molar-refractivity contribution in [2.24, 2.45) is 0 Å². The third-order valence-electron chi connectivity index (χ3n) is 3.04. The highest BCUT2D eigenvalue weighted by molar-refractivity contribution is 9.10. The minimum Gasteiger partial charge on any atom is -0.491 e. The number of carbonyl (C=O) groups is 1. The van der Waals surface area contributed by atoms with Gasteiger partial charge in [-0.3, -0.25) is 0 Å². The molecule has 0 spiro atoms. The molecule has 0 atom stereocenters. The number of aliphatic hydroxyl groups is 1. The second kappa shape index (κ2) is 6.25. The second-order valence-corrected chi connectivity index (χ2v) is 5.35. The van der Waals surface area contributed by atoms with Crippen LogP contribution in [0.25, 0.3) is 0 Å². The minimum absolute atomic E-state index is 0.0430. The first-order valence-electron chi connectivity index (χ1n) is 6.17. The van der Waals surface area contributed by atoms with Gasteiger partial charge in [0.25, 0.3) is 0 Å². The highest BCUT2D eigenvalue weighted by Crippen LogP contribution is 2.28. The van der Waals surface area contributed by atoms with Crippen molar-refractivity contribution in [2.75, 3.05) is 26.2 Å². The summed E-state index contributed by atoms with van der Waals surface area (Å²) in [5.41, 5.74) is 1.71. The maximum atomic E-state index is 11.4. The molecular formula is C13H17BrN2O3. The van der Waals surface area contributed by atoms with Gasteiger partial charge in [0.15, 0.2) is 0 Å². The van der Waals surface area contributed by atoms with Gasteiger partial charge in [0.1, 0.15) is 12.4 Å². The molecule has 19 heavy (non-hydrogen) atoms. The first-order valence-corrected chi connectivity index (χ1v) is 6.96. The number of aliphatic hydroxyl groups excluding tert-OH is 1. The minimum atomic E-state index is -0.0696. The van der Waals surface area contributed by atoms with Crippen LogP contribution in [0.1, 0.15) is 11.1 Å². The number of carbonyl (C=O) groups excluding carboxylic acids is 1. The summed E-state index contributed by atoms with van der Waals surface area (Å²) in [6, 6.07) is 3.74. The Morgan fingerprint density at radius 2 is 2.32 bits per heavy atom. The van der Waals surface area contributed by atoms with Crippen molar-refractivity contribution in [3.63, 3.8) is 0 Å². The van der Waals surface area contributed by atoms with E-state index in [1.54, 1.807) is 4.90 Å². The van der Waals surface area contributed by atoms with Crippen LogP contribution in [-0.2, 0) is 6.61 Å². The molecule has 1 fully saturated rings. The number of nitrogens with one attached hydrogen (secondary N) is 1. The van der Waals surface area contributed by atoms with Crippen molar-refractivity contribution in [3.8, 4) is 5.75 Å². The quantitative estimate of drug-likeness (QED) is 0.864. The van der Waals surface area contributed by atoms with Gasteiger partial charge in [0.2, 0.25) is 0 Å². The summed E-state index contributed by atoms with van der Waals surface area (Å²) in [6.07, 6.45) is 0. The Kier molecular flexibility index (Phi) is 4.66. The molecule has 104 valence electrons. The number of hydrogen-bond donors (Lipinski definition) is 2. The van der Waals surface area contributed by atoms with Crippen LogP contribution in [0.15, 0.2) is 16.6 Å². The number of ether oxygens (including phenoxy) is 1. The van der Waals surface area contributed by atoms with E-state index in [2.05, 4.69) is 21.2 Å². The predicted molar refractivity (Wildman–Crippen MR) is 75.3 cm³/mol. The van der Waals surface area contributed by atoms with Crippen molar-refractivity contribution in [2.45, 2.75) is 13.5 Å². The highest BCUT2D eigenvalue weighted by Gasteiger charge is 2.19. The number of rotatable bonds is 5. The zero-order valence-corrected chi connectivity index (χ0v) is 12.4. The zero-order chi connectivity index (χ0) is 13.8. The second-order valence-electron chi connectivity index (χ2n) is 4.44. The van der Waals surface area contributed by atoms with Crippen molar-refractivity contribution < 1.29 is 14.6 Å². The molecule has 1 saturated heterocycles. The molecule has 2 N–H and O–H groups in total. The fourth-order valence-corrected chi connectivity index (χ4v) is 2.73. The lowest BCUT2D eigenvalue weighted by atomic mass is 10.1. The molecule has 0 unspecified atom stereocenters. The van der Waals surface area contributed by atoms with Crippen LogP contribution in [0.3, 0.4) is 0 Å². The van der Waals surface area contributed by atoms with Gasteiger partial charge in [-0.25, -0.2) is 4.79 Å². The Labute approximate surface area is 120 Å². The first-order chi connectivity index (χ1) is 9.11. The Balaban J connectivity index is 1.97. The summed E-state index contributed by atoms with van der Waals surface area (Å²) in [5, 5.41) is 12.1. The predicted octanol–water partition coefficient (Wildman–Crippen LogP) is 1.65. The summed E-state index contributed by atoms with van der Waals surface area (Å²) >= 11 is 3.39. The van der Waals surface area contributed by atoms with E-state index >= 15 is 0 Å². The number of halogens is 1. The summed E-state index contributed by atoms with van der Waals surface area (Å²) < 4.78 is 6.64. The molecule has 1 aromatic carbocycles. The van der Waals surface area contributed by atoms with Crippen LogP contribution in [-0.4, -0.2) is 42.3 Å². The Morgan fingerprint density at radius 3 is 2.95 bits per heavy atom. The molecule has 5 nitrogen and oxygen atoms in total. The van der Waals surface area contributed by atoms with E-state index in [1.165, 1.54) is 0 Å². The number of aryl methyl sites for hydroxylation is 1. The standard InChI is InChI=1S/C13H17BrN2O3/c1-9-6-11(14)7-10(8-17)12(9)19-5-4-16-3-2-15-13(16)18/h6-7,17H,2-5,8H2,1H3,(H,15,18). The number of amides is 2. The monoisotopic (exact) mass is 328 g/mol. The smallest absolute Gasteiger partial charge is 0.317 e. The molecule has 0 aliphatic carbocycles. The molecule has 0 bridgehead atoms. The van der Waals surface area contributed by atoms with Crippen molar-refractivity contribution in [3.05, 3.63) is 27.7 Å². The van der Waals surface area contributed by atoms with E-state index in [9.17, 15) is 9.90 Å². The van der Waals surface area contributed by atoms with Crippen LogP contribution in [0.2, 0.25) is 0 Å². The van der Waals surface area contributed by atoms with Gasteiger partial charge >= 0.3 is 6.03 Å². The van der Waals surface area contributed by atoms with Crippen LogP contribution in [0, 0.1) is 6.92 Å².